The molecule has 1 rings (SSSR count). The highest BCUT2D eigenvalue weighted by Crippen LogP contribution is 2.08. The van der Waals surface area contributed by atoms with Crippen molar-refractivity contribution >= 4 is 11.8 Å². The molecule has 0 aliphatic heterocycles. The maximum Gasteiger partial charge on any atom is 0.356 e. The largest absolute Gasteiger partial charge is 0.476 e. The third-order valence-corrected chi connectivity index (χ3v) is 1.41. The topological polar surface area (TPSA) is 81.1 Å². The zero-order chi connectivity index (χ0) is 8.43. The first-order valence-corrected chi connectivity index (χ1v) is 3.20. The average Bonchev–Trinajstić information content (AvgIpc) is 2.30. The second kappa shape index (κ2) is 2.61. The molecule has 5 heteroatoms. The summed E-state index contributed by atoms with van der Waals surface area (Å²) in [7, 11) is 0. The Hall–Kier alpha value is -1.52. The van der Waals surface area contributed by atoms with Crippen LogP contribution < -0.4 is 5.73 Å². The maximum absolute atomic E-state index is 10.5. The molecule has 0 aromatic carbocycles. The number of hydrogen-bond donors (Lipinski definition) is 2. The monoisotopic (exact) mass is 155 g/mol. The minimum absolute atomic E-state index is 0.0625. The van der Waals surface area contributed by atoms with Crippen molar-refractivity contribution in [3.8, 4) is 0 Å². The first-order valence-electron chi connectivity index (χ1n) is 3.20. The minimum atomic E-state index is -1.04. The molecule has 0 atom stereocenters. The van der Waals surface area contributed by atoms with Gasteiger partial charge in [0.05, 0.1) is 6.33 Å². The molecule has 0 aliphatic carbocycles. The fourth-order valence-electron chi connectivity index (χ4n) is 0.870. The van der Waals surface area contributed by atoms with E-state index >= 15 is 0 Å². The number of rotatable bonds is 2. The van der Waals surface area contributed by atoms with E-state index in [0.717, 1.165) is 0 Å². The number of aromatic nitrogens is 2. The van der Waals surface area contributed by atoms with Crippen LogP contribution in [0.15, 0.2) is 6.33 Å². The van der Waals surface area contributed by atoms with Crippen molar-refractivity contribution in [1.82, 2.24) is 9.55 Å². The Balaban J connectivity index is 3.17. The number of aromatic carboxylic acids is 1. The van der Waals surface area contributed by atoms with Crippen molar-refractivity contribution < 1.29 is 9.90 Å². The van der Waals surface area contributed by atoms with Crippen LogP contribution in [0.2, 0.25) is 0 Å². The molecule has 3 N–H and O–H groups in total. The number of carbonyl (C=O) groups is 1. The van der Waals surface area contributed by atoms with Gasteiger partial charge in [-0.1, -0.05) is 0 Å². The molecule has 0 bridgehead atoms. The molecule has 0 fully saturated rings. The summed E-state index contributed by atoms with van der Waals surface area (Å²) >= 11 is 0. The molecule has 11 heavy (non-hydrogen) atoms. The third-order valence-electron chi connectivity index (χ3n) is 1.41. The zero-order valence-corrected chi connectivity index (χ0v) is 6.11. The standard InChI is InChI=1S/C6H9N3O2/c1-2-9-3-8-5(7)4(9)6(10)11/h3H,2,7H2,1H3,(H,10,11). The van der Waals surface area contributed by atoms with Crippen molar-refractivity contribution in [2.24, 2.45) is 0 Å². The molecule has 0 spiro atoms. The molecular formula is C6H9N3O2. The second-order valence-corrected chi connectivity index (χ2v) is 2.07. The van der Waals surface area contributed by atoms with Crippen LogP contribution in [0.4, 0.5) is 5.82 Å². The van der Waals surface area contributed by atoms with E-state index in [1.54, 1.807) is 0 Å². The molecule has 1 heterocycles. The predicted molar refractivity (Wildman–Crippen MR) is 39.3 cm³/mol. The molecular weight excluding hydrogens is 146 g/mol. The SMILES string of the molecule is CCn1cnc(N)c1C(=O)O. The fourth-order valence-corrected chi connectivity index (χ4v) is 0.870. The van der Waals surface area contributed by atoms with Gasteiger partial charge in [0, 0.05) is 6.54 Å². The Bertz CT molecular complexity index is 279. The quantitative estimate of drug-likeness (QED) is 0.638. The second-order valence-electron chi connectivity index (χ2n) is 2.07. The van der Waals surface area contributed by atoms with E-state index in [2.05, 4.69) is 4.98 Å². The fraction of sp³-hybridized carbons (Fsp3) is 0.333. The number of imidazole rings is 1. The Kier molecular flexibility index (Phi) is 1.80. The number of aryl methyl sites for hydroxylation is 1. The summed E-state index contributed by atoms with van der Waals surface area (Å²) < 4.78 is 1.48. The molecule has 1 aromatic rings. The Morgan fingerprint density at radius 1 is 1.91 bits per heavy atom. The van der Waals surface area contributed by atoms with Crippen LogP contribution in [-0.4, -0.2) is 20.6 Å². The van der Waals surface area contributed by atoms with Crippen LogP contribution in [0.25, 0.3) is 0 Å². The van der Waals surface area contributed by atoms with Crippen molar-refractivity contribution in [2.75, 3.05) is 5.73 Å². The summed E-state index contributed by atoms with van der Waals surface area (Å²) in [4.78, 5) is 14.2. The molecule has 0 amide bonds. The van der Waals surface area contributed by atoms with Gasteiger partial charge in [0.25, 0.3) is 0 Å². The van der Waals surface area contributed by atoms with Crippen LogP contribution >= 0.6 is 0 Å². The lowest BCUT2D eigenvalue weighted by molar-refractivity contribution is 0.0686. The lowest BCUT2D eigenvalue weighted by Gasteiger charge is -1.98. The number of anilines is 1. The number of carboxylic acid groups (broad SMARTS) is 1. The number of nitrogens with zero attached hydrogens (tertiary/aromatic N) is 2. The minimum Gasteiger partial charge on any atom is -0.476 e. The number of carboxylic acids is 1. The van der Waals surface area contributed by atoms with Crippen LogP contribution in [0.1, 0.15) is 17.4 Å². The van der Waals surface area contributed by atoms with E-state index in [1.165, 1.54) is 10.9 Å². The van der Waals surface area contributed by atoms with E-state index in [1.807, 2.05) is 6.92 Å². The Morgan fingerprint density at radius 2 is 2.55 bits per heavy atom. The molecule has 0 aliphatic rings. The normalized spacial score (nSPS) is 9.91. The highest BCUT2D eigenvalue weighted by molar-refractivity contribution is 5.90. The van der Waals surface area contributed by atoms with Gasteiger partial charge >= 0.3 is 5.97 Å². The molecule has 0 saturated heterocycles. The van der Waals surface area contributed by atoms with Crippen LogP contribution in [-0.2, 0) is 6.54 Å². The van der Waals surface area contributed by atoms with Crippen LogP contribution in [0.5, 0.6) is 0 Å². The van der Waals surface area contributed by atoms with Crippen LogP contribution in [0.3, 0.4) is 0 Å². The third kappa shape index (κ3) is 1.17. The molecule has 0 radical (unpaired) electrons. The lowest BCUT2D eigenvalue weighted by Crippen LogP contribution is -2.08. The van der Waals surface area contributed by atoms with Gasteiger partial charge in [-0.15, -0.1) is 0 Å². The summed E-state index contributed by atoms with van der Waals surface area (Å²) in [6, 6.07) is 0. The Morgan fingerprint density at radius 3 is 2.91 bits per heavy atom. The van der Waals surface area contributed by atoms with Crippen molar-refractivity contribution in [2.45, 2.75) is 13.5 Å². The van der Waals surface area contributed by atoms with Gasteiger partial charge in [-0.2, -0.15) is 0 Å². The molecule has 1 aromatic heterocycles. The van der Waals surface area contributed by atoms with E-state index in [-0.39, 0.29) is 11.5 Å². The summed E-state index contributed by atoms with van der Waals surface area (Å²) in [6.07, 6.45) is 1.42. The first kappa shape index (κ1) is 7.59. The highest BCUT2D eigenvalue weighted by Gasteiger charge is 2.13. The molecule has 5 nitrogen and oxygen atoms in total. The number of hydrogen-bond acceptors (Lipinski definition) is 3. The van der Waals surface area contributed by atoms with Gasteiger partial charge in [0.1, 0.15) is 0 Å². The number of nitrogen functional groups attached to an aromatic ring is 1. The Labute approximate surface area is 63.5 Å². The van der Waals surface area contributed by atoms with E-state index in [0.29, 0.717) is 6.54 Å². The van der Waals surface area contributed by atoms with Gasteiger partial charge in [0.15, 0.2) is 11.5 Å². The van der Waals surface area contributed by atoms with Gasteiger partial charge < -0.3 is 15.4 Å². The first-order chi connectivity index (χ1) is 5.16. The molecule has 0 unspecified atom stereocenters. The summed E-state index contributed by atoms with van der Waals surface area (Å²) in [5.74, 6) is -0.971. The van der Waals surface area contributed by atoms with Crippen molar-refractivity contribution in [1.29, 1.82) is 0 Å². The summed E-state index contributed by atoms with van der Waals surface area (Å²) in [5, 5.41) is 8.63. The van der Waals surface area contributed by atoms with Gasteiger partial charge in [-0.25, -0.2) is 9.78 Å². The van der Waals surface area contributed by atoms with E-state index in [9.17, 15) is 4.79 Å². The molecule has 60 valence electrons. The van der Waals surface area contributed by atoms with E-state index in [4.69, 9.17) is 10.8 Å². The predicted octanol–water partition coefficient (Wildman–Crippen LogP) is 0.183. The van der Waals surface area contributed by atoms with E-state index < -0.39 is 5.97 Å². The van der Waals surface area contributed by atoms with Crippen molar-refractivity contribution in [3.05, 3.63) is 12.0 Å². The number of nitrogens with two attached hydrogens (primary N) is 1. The smallest absolute Gasteiger partial charge is 0.356 e. The lowest BCUT2D eigenvalue weighted by atomic mass is 10.4. The van der Waals surface area contributed by atoms with Gasteiger partial charge in [-0.05, 0) is 6.92 Å². The highest BCUT2D eigenvalue weighted by atomic mass is 16.4. The van der Waals surface area contributed by atoms with Gasteiger partial charge in [-0.3, -0.25) is 0 Å². The zero-order valence-electron chi connectivity index (χ0n) is 6.11. The molecule has 0 saturated carbocycles. The summed E-state index contributed by atoms with van der Waals surface area (Å²) in [6.45, 7) is 2.39. The van der Waals surface area contributed by atoms with Gasteiger partial charge in [0.2, 0.25) is 0 Å². The average molecular weight is 155 g/mol. The van der Waals surface area contributed by atoms with Crippen molar-refractivity contribution in [3.63, 3.8) is 0 Å². The summed E-state index contributed by atoms with van der Waals surface area (Å²) in [5.41, 5.74) is 5.37. The van der Waals surface area contributed by atoms with Crippen LogP contribution in [0, 0.1) is 0 Å². The maximum atomic E-state index is 10.5.